The second kappa shape index (κ2) is 38.2. The van der Waals surface area contributed by atoms with Crippen LogP contribution in [0.15, 0.2) is 54.6 Å². The smallest absolute Gasteiger partial charge is 0.197 e. The highest BCUT2D eigenvalue weighted by molar-refractivity contribution is 7.20. The Balaban J connectivity index is 0.000000361. The molecule has 0 aliphatic heterocycles. The molecule has 0 atom stereocenters. The van der Waals surface area contributed by atoms with Crippen molar-refractivity contribution in [2.45, 2.75) is 219 Å². The Bertz CT molecular complexity index is 2440. The zero-order valence-corrected chi connectivity index (χ0v) is 48.9. The van der Waals surface area contributed by atoms with Gasteiger partial charge in [0.1, 0.15) is 35.1 Å². The van der Waals surface area contributed by atoms with E-state index in [4.69, 9.17) is 0 Å². The Morgan fingerprint density at radius 3 is 0.667 bits per heavy atom. The van der Waals surface area contributed by atoms with Crippen LogP contribution >= 0.6 is 0 Å². The van der Waals surface area contributed by atoms with Crippen molar-refractivity contribution >= 4 is 33.7 Å². The number of unbranched alkanes of at least 4 members (excludes halogenated alkanes) is 30. The molecular weight excluding hydrogens is 1120 g/mol. The summed E-state index contributed by atoms with van der Waals surface area (Å²) in [6.45, 7) is 7.26. The van der Waals surface area contributed by atoms with Crippen molar-refractivity contribution in [3.8, 4) is 0 Å². The summed E-state index contributed by atoms with van der Waals surface area (Å²) in [5, 5.41) is 0. The van der Waals surface area contributed by atoms with Crippen LogP contribution in [0.1, 0.15) is 219 Å². The van der Waals surface area contributed by atoms with E-state index in [1.807, 2.05) is 0 Å². The normalized spacial score (nSPS) is 11.8. The first kappa shape index (κ1) is 71.5. The Labute approximate surface area is 487 Å². The summed E-state index contributed by atoms with van der Waals surface area (Å²) in [6.07, 6.45) is 40.9. The first-order valence-corrected chi connectivity index (χ1v) is 30.8. The van der Waals surface area contributed by atoms with Gasteiger partial charge in [0.15, 0.2) is 69.8 Å². The van der Waals surface area contributed by atoms with Crippen LogP contribution in [0.4, 0.5) is 75.9 Å². The van der Waals surface area contributed by atoms with Crippen molar-refractivity contribution in [2.24, 2.45) is 0 Å². The number of para-hydroxylation sites is 1. The molecular formula is C66H84BF16N. The van der Waals surface area contributed by atoms with Crippen LogP contribution in [0, 0.1) is 93.1 Å². The molecule has 0 saturated carbocycles. The molecule has 0 aliphatic carbocycles. The number of rotatable bonds is 39. The Morgan fingerprint density at radius 2 is 0.452 bits per heavy atom. The minimum Gasteiger partial charge on any atom is -0.302 e. The molecule has 84 heavy (non-hydrogen) atoms. The van der Waals surface area contributed by atoms with E-state index in [9.17, 15) is 52.7 Å². The fourth-order valence-electron chi connectivity index (χ4n) is 11.5. The SMILES string of the molecule is CCCCCCCCCCCCCCCCCC[NH+](CCCCCCCCCCCCCCCCCC)c1ccccc1.Fc1cc([B-](c2cc(F)c(F)c(F)c2F)(c2cc(F)c(F)c(F)c2F)c2cc(F)c(F)c(F)c2F)c(F)c(F)c1F. The van der Waals surface area contributed by atoms with Crippen LogP contribution in [-0.4, -0.2) is 19.2 Å². The second-order valence-electron chi connectivity index (χ2n) is 22.5. The lowest BCUT2D eigenvalue weighted by Crippen LogP contribution is -3.07. The molecule has 0 aliphatic rings. The molecule has 0 saturated heterocycles. The van der Waals surface area contributed by atoms with Crippen LogP contribution in [0.25, 0.3) is 0 Å². The molecule has 1 nitrogen and oxygen atoms in total. The topological polar surface area (TPSA) is 4.44 Å². The van der Waals surface area contributed by atoms with E-state index >= 15 is 17.6 Å². The Morgan fingerprint density at radius 1 is 0.250 bits per heavy atom. The monoisotopic (exact) mass is 1210 g/mol. The van der Waals surface area contributed by atoms with Crippen LogP contribution in [0.3, 0.4) is 0 Å². The maximum Gasteiger partial charge on any atom is 0.197 e. The zero-order chi connectivity index (χ0) is 61.6. The molecule has 5 aromatic carbocycles. The van der Waals surface area contributed by atoms with Gasteiger partial charge in [-0.1, -0.05) is 236 Å². The molecule has 0 heterocycles. The van der Waals surface area contributed by atoms with Gasteiger partial charge in [0, 0.05) is 0 Å². The fourth-order valence-corrected chi connectivity index (χ4v) is 11.5. The number of nitrogens with one attached hydrogen (secondary N) is 1. The van der Waals surface area contributed by atoms with Crippen molar-refractivity contribution in [2.75, 3.05) is 13.1 Å². The summed E-state index contributed by atoms with van der Waals surface area (Å²) in [7, 11) is 0. The third kappa shape index (κ3) is 20.6. The van der Waals surface area contributed by atoms with Crippen LogP contribution in [0.2, 0.25) is 0 Å². The first-order chi connectivity index (χ1) is 40.4. The predicted octanol–water partition coefficient (Wildman–Crippen LogP) is 19.0. The third-order valence-electron chi connectivity index (χ3n) is 16.2. The molecule has 0 radical (unpaired) electrons. The fraction of sp³-hybridized carbons (Fsp3) is 0.545. The predicted molar refractivity (Wildman–Crippen MR) is 305 cm³/mol. The van der Waals surface area contributed by atoms with Crippen molar-refractivity contribution in [3.05, 3.63) is 148 Å². The number of hydrogen-bond donors (Lipinski definition) is 1. The lowest BCUT2D eigenvalue weighted by molar-refractivity contribution is -0.833. The standard InChI is InChI=1S/C42H79N.C24H4BF16/c1-3-5-7-9-11-13-15-17-19-21-23-25-27-29-31-36-40-43(42-38-34-33-35-39-42)41-37-32-30-28-26-24-22-20-18-16-14-12-10-8-6-4-2;26-9-1-5(13(30)21(38)17(9)34)25(6-2-10(27)18(35)22(39)14(6)31,7-3-11(28)19(36)23(40)15(7)32)8-4-12(29)20(37)24(41)16(8)33/h33-35,38-39H,3-32,36-37,40-41H2,1-2H3;1-4H/q;-1/p+1. The van der Waals surface area contributed by atoms with Gasteiger partial charge in [-0.15, -0.1) is 0 Å². The van der Waals surface area contributed by atoms with Gasteiger partial charge in [-0.25, -0.2) is 70.2 Å². The average molecular weight is 1210 g/mol. The molecule has 0 bridgehead atoms. The molecule has 0 aromatic heterocycles. The van der Waals surface area contributed by atoms with E-state index in [1.165, 1.54) is 224 Å². The molecule has 1 N–H and O–H groups in total. The summed E-state index contributed by atoms with van der Waals surface area (Å²) in [4.78, 5) is 1.73. The molecule has 0 spiro atoms. The highest BCUT2D eigenvalue weighted by Crippen LogP contribution is 2.27. The van der Waals surface area contributed by atoms with Gasteiger partial charge in [-0.3, -0.25) is 0 Å². The summed E-state index contributed by atoms with van der Waals surface area (Å²) < 4.78 is 232. The largest absolute Gasteiger partial charge is 0.302 e. The number of benzene rings is 5. The molecule has 5 aromatic rings. The minimum absolute atomic E-state index is 0.621. The van der Waals surface area contributed by atoms with E-state index in [2.05, 4.69) is 44.2 Å². The van der Waals surface area contributed by atoms with Gasteiger partial charge in [-0.05, 0) is 37.8 Å². The van der Waals surface area contributed by atoms with Crippen molar-refractivity contribution in [3.63, 3.8) is 0 Å². The highest BCUT2D eigenvalue weighted by Gasteiger charge is 2.45. The Kier molecular flexibility index (Phi) is 32.5. The average Bonchev–Trinajstić information content (AvgIpc) is 0.742. The van der Waals surface area contributed by atoms with E-state index in [0.717, 1.165) is 0 Å². The van der Waals surface area contributed by atoms with Gasteiger partial charge in [0.2, 0.25) is 0 Å². The minimum atomic E-state index is -5.62. The van der Waals surface area contributed by atoms with Gasteiger partial charge in [0.05, 0.1) is 13.1 Å². The third-order valence-corrected chi connectivity index (χ3v) is 16.2. The molecule has 0 fully saturated rings. The van der Waals surface area contributed by atoms with E-state index in [1.54, 1.807) is 4.90 Å². The maximum absolute atomic E-state index is 15.3. The quantitative estimate of drug-likeness (QED) is 0.0131. The number of quaternary nitrogens is 1. The van der Waals surface area contributed by atoms with Crippen molar-refractivity contribution in [1.29, 1.82) is 0 Å². The van der Waals surface area contributed by atoms with Crippen molar-refractivity contribution < 1.29 is 75.1 Å². The summed E-state index contributed by atoms with van der Waals surface area (Å²) in [6, 6.07) is 8.86. The Hall–Kier alpha value is -5.00. The van der Waals surface area contributed by atoms with Gasteiger partial charge >= 0.3 is 0 Å². The van der Waals surface area contributed by atoms with Crippen LogP contribution in [-0.2, 0) is 0 Å². The number of halogens is 16. The van der Waals surface area contributed by atoms with Gasteiger partial charge in [0.25, 0.3) is 0 Å². The molecule has 5 rings (SSSR count). The van der Waals surface area contributed by atoms with Gasteiger partial charge in [-0.2, -0.15) is 21.9 Å². The van der Waals surface area contributed by atoms with Gasteiger partial charge < -0.3 is 4.90 Å². The summed E-state index contributed by atoms with van der Waals surface area (Å²) in [5.41, 5.74) is -7.54. The zero-order valence-electron chi connectivity index (χ0n) is 48.9. The maximum atomic E-state index is 15.3. The lowest BCUT2D eigenvalue weighted by atomic mass is 9.12. The first-order valence-electron chi connectivity index (χ1n) is 30.8. The van der Waals surface area contributed by atoms with Crippen molar-refractivity contribution in [1.82, 2.24) is 0 Å². The molecule has 468 valence electrons. The summed E-state index contributed by atoms with van der Waals surface area (Å²) >= 11 is 0. The van der Waals surface area contributed by atoms with Crippen LogP contribution in [0.5, 0.6) is 0 Å². The van der Waals surface area contributed by atoms with E-state index in [0.29, 0.717) is 0 Å². The summed E-state index contributed by atoms with van der Waals surface area (Å²) in [5.74, 6) is -44.3. The molecule has 0 amide bonds. The highest BCUT2D eigenvalue weighted by atomic mass is 19.2. The number of hydrogen-bond acceptors (Lipinski definition) is 0. The van der Waals surface area contributed by atoms with E-state index < -0.39 is 145 Å². The van der Waals surface area contributed by atoms with Crippen LogP contribution < -0.4 is 26.8 Å². The molecule has 0 unspecified atom stereocenters. The second-order valence-corrected chi connectivity index (χ2v) is 22.5. The van der Waals surface area contributed by atoms with E-state index in [-0.39, 0.29) is 0 Å². The molecule has 18 heteroatoms. The lowest BCUT2D eigenvalue weighted by Gasteiger charge is -2.44.